The van der Waals surface area contributed by atoms with E-state index >= 15 is 0 Å². The first-order chi connectivity index (χ1) is 13.8. The molecule has 0 amide bonds. The number of ether oxygens (including phenoxy) is 1. The van der Waals surface area contributed by atoms with Gasteiger partial charge in [0.1, 0.15) is 12.4 Å². The molecule has 0 aliphatic heterocycles. The zero-order chi connectivity index (χ0) is 19.4. The van der Waals surface area contributed by atoms with E-state index in [-0.39, 0.29) is 0 Å². The first kappa shape index (κ1) is 19.5. The Balaban J connectivity index is 1.41. The predicted octanol–water partition coefficient (Wildman–Crippen LogP) is 3.22. The Kier molecular flexibility index (Phi) is 7.49. The highest BCUT2D eigenvalue weighted by molar-refractivity contribution is 5.79. The number of nitrogens with one attached hydrogen (secondary N) is 2. The van der Waals surface area contributed by atoms with Crippen molar-refractivity contribution >= 4 is 5.96 Å². The second kappa shape index (κ2) is 10.8. The third kappa shape index (κ3) is 6.46. The van der Waals surface area contributed by atoms with E-state index in [2.05, 4.69) is 45.0 Å². The zero-order valence-corrected chi connectivity index (χ0v) is 16.2. The molecular formula is C22H27N5O. The Morgan fingerprint density at radius 2 is 1.89 bits per heavy atom. The number of aryl methyl sites for hydroxylation is 1. The maximum absolute atomic E-state index is 5.90. The van der Waals surface area contributed by atoms with Crippen molar-refractivity contribution in [3.63, 3.8) is 0 Å². The van der Waals surface area contributed by atoms with Crippen LogP contribution in [0, 0.1) is 0 Å². The smallest absolute Gasteiger partial charge is 0.191 e. The molecule has 1 heterocycles. The van der Waals surface area contributed by atoms with E-state index in [1.807, 2.05) is 47.3 Å². The zero-order valence-electron chi connectivity index (χ0n) is 16.2. The quantitative estimate of drug-likeness (QED) is 0.341. The van der Waals surface area contributed by atoms with Crippen molar-refractivity contribution in [3.05, 3.63) is 84.2 Å². The molecular weight excluding hydrogens is 350 g/mol. The van der Waals surface area contributed by atoms with E-state index in [9.17, 15) is 0 Å². The first-order valence-electron chi connectivity index (χ1n) is 9.51. The molecule has 1 aromatic heterocycles. The van der Waals surface area contributed by atoms with Crippen molar-refractivity contribution in [1.29, 1.82) is 0 Å². The maximum Gasteiger partial charge on any atom is 0.191 e. The molecule has 0 saturated carbocycles. The highest BCUT2D eigenvalue weighted by atomic mass is 16.5. The Labute approximate surface area is 166 Å². The Hall–Kier alpha value is -3.28. The van der Waals surface area contributed by atoms with Gasteiger partial charge in [-0.05, 0) is 35.7 Å². The van der Waals surface area contributed by atoms with E-state index < -0.39 is 0 Å². The van der Waals surface area contributed by atoms with Gasteiger partial charge >= 0.3 is 0 Å². The number of benzene rings is 2. The third-order valence-corrected chi connectivity index (χ3v) is 4.25. The summed E-state index contributed by atoms with van der Waals surface area (Å²) in [6.07, 6.45) is 4.75. The first-order valence-corrected chi connectivity index (χ1v) is 9.51. The van der Waals surface area contributed by atoms with Crippen molar-refractivity contribution in [3.8, 4) is 5.75 Å². The van der Waals surface area contributed by atoms with Gasteiger partial charge in [-0.15, -0.1) is 0 Å². The summed E-state index contributed by atoms with van der Waals surface area (Å²) in [4.78, 5) is 4.28. The fraction of sp³-hybridized carbons (Fsp3) is 0.273. The summed E-state index contributed by atoms with van der Waals surface area (Å²) in [6.45, 7) is 2.97. The molecule has 28 heavy (non-hydrogen) atoms. The summed E-state index contributed by atoms with van der Waals surface area (Å²) >= 11 is 0. The molecule has 0 unspecified atom stereocenters. The van der Waals surface area contributed by atoms with Crippen molar-refractivity contribution in [1.82, 2.24) is 20.4 Å². The average molecular weight is 377 g/mol. The molecule has 0 bridgehead atoms. The highest BCUT2D eigenvalue weighted by Gasteiger charge is 2.01. The fourth-order valence-corrected chi connectivity index (χ4v) is 2.77. The molecule has 2 aromatic carbocycles. The van der Waals surface area contributed by atoms with Crippen LogP contribution in [-0.4, -0.2) is 29.3 Å². The van der Waals surface area contributed by atoms with Gasteiger partial charge in [-0.2, -0.15) is 5.10 Å². The van der Waals surface area contributed by atoms with Crippen LogP contribution < -0.4 is 15.4 Å². The summed E-state index contributed by atoms with van der Waals surface area (Å²) in [5.41, 5.74) is 2.30. The second-order valence-corrected chi connectivity index (χ2v) is 6.40. The normalized spacial score (nSPS) is 11.2. The number of aliphatic imine (C=N–C) groups is 1. The molecule has 0 aliphatic rings. The van der Waals surface area contributed by atoms with Crippen LogP contribution >= 0.6 is 0 Å². The standard InChI is InChI=1S/C22H27N5O/c1-23-22(24-12-6-14-27-15-7-13-26-27)25-17-20-10-5-11-21(16-20)28-18-19-8-3-2-4-9-19/h2-5,7-11,13,15-16H,6,12,14,17-18H2,1H3,(H2,23,24,25). The van der Waals surface area contributed by atoms with E-state index in [0.717, 1.165) is 42.3 Å². The van der Waals surface area contributed by atoms with Gasteiger partial charge in [-0.1, -0.05) is 42.5 Å². The Morgan fingerprint density at radius 3 is 2.68 bits per heavy atom. The summed E-state index contributed by atoms with van der Waals surface area (Å²) in [5.74, 6) is 1.65. The highest BCUT2D eigenvalue weighted by Crippen LogP contribution is 2.15. The largest absolute Gasteiger partial charge is 0.489 e. The van der Waals surface area contributed by atoms with Gasteiger partial charge in [0.15, 0.2) is 5.96 Å². The Bertz CT molecular complexity index is 846. The topological polar surface area (TPSA) is 63.5 Å². The second-order valence-electron chi connectivity index (χ2n) is 6.40. The van der Waals surface area contributed by atoms with Crippen molar-refractivity contribution in [2.75, 3.05) is 13.6 Å². The monoisotopic (exact) mass is 377 g/mol. The van der Waals surface area contributed by atoms with Crippen molar-refractivity contribution < 1.29 is 4.74 Å². The summed E-state index contributed by atoms with van der Waals surface area (Å²) in [6, 6.07) is 20.2. The van der Waals surface area contributed by atoms with Gasteiger partial charge in [-0.3, -0.25) is 9.67 Å². The van der Waals surface area contributed by atoms with Gasteiger partial charge < -0.3 is 15.4 Å². The van der Waals surface area contributed by atoms with Crippen LogP contribution in [0.4, 0.5) is 0 Å². The van der Waals surface area contributed by atoms with Crippen LogP contribution in [0.3, 0.4) is 0 Å². The minimum Gasteiger partial charge on any atom is -0.489 e. The van der Waals surface area contributed by atoms with Crippen LogP contribution in [0.5, 0.6) is 5.75 Å². The number of hydrogen-bond donors (Lipinski definition) is 2. The van der Waals surface area contributed by atoms with E-state index in [1.165, 1.54) is 0 Å². The summed E-state index contributed by atoms with van der Waals surface area (Å²) in [5, 5.41) is 10.9. The average Bonchev–Trinajstić information content (AvgIpc) is 3.26. The minimum absolute atomic E-state index is 0.567. The minimum atomic E-state index is 0.567. The van der Waals surface area contributed by atoms with E-state index in [0.29, 0.717) is 13.2 Å². The molecule has 0 saturated heterocycles. The van der Waals surface area contributed by atoms with E-state index in [4.69, 9.17) is 4.74 Å². The lowest BCUT2D eigenvalue weighted by molar-refractivity contribution is 0.306. The number of aromatic nitrogens is 2. The summed E-state index contributed by atoms with van der Waals surface area (Å²) in [7, 11) is 1.78. The lowest BCUT2D eigenvalue weighted by Crippen LogP contribution is -2.37. The van der Waals surface area contributed by atoms with Crippen LogP contribution in [-0.2, 0) is 19.7 Å². The fourth-order valence-electron chi connectivity index (χ4n) is 2.77. The third-order valence-electron chi connectivity index (χ3n) is 4.25. The molecule has 0 aliphatic carbocycles. The molecule has 146 valence electrons. The number of rotatable bonds is 9. The Morgan fingerprint density at radius 1 is 1.04 bits per heavy atom. The predicted molar refractivity (Wildman–Crippen MR) is 112 cm³/mol. The van der Waals surface area contributed by atoms with Crippen molar-refractivity contribution in [2.24, 2.45) is 4.99 Å². The lowest BCUT2D eigenvalue weighted by atomic mass is 10.2. The molecule has 0 spiro atoms. The van der Waals surface area contributed by atoms with Gasteiger partial charge in [0.25, 0.3) is 0 Å². The maximum atomic E-state index is 5.90. The molecule has 3 aromatic rings. The number of hydrogen-bond acceptors (Lipinski definition) is 3. The van der Waals surface area contributed by atoms with Gasteiger partial charge in [0.05, 0.1) is 0 Å². The lowest BCUT2D eigenvalue weighted by Gasteiger charge is -2.13. The molecule has 0 radical (unpaired) electrons. The van der Waals surface area contributed by atoms with E-state index in [1.54, 1.807) is 13.2 Å². The molecule has 0 fully saturated rings. The summed E-state index contributed by atoms with van der Waals surface area (Å²) < 4.78 is 7.83. The van der Waals surface area contributed by atoms with Crippen LogP contribution in [0.25, 0.3) is 0 Å². The van der Waals surface area contributed by atoms with Gasteiger partial charge in [-0.25, -0.2) is 0 Å². The van der Waals surface area contributed by atoms with Crippen molar-refractivity contribution in [2.45, 2.75) is 26.1 Å². The SMILES string of the molecule is CN=C(NCCCn1cccn1)NCc1cccc(OCc2ccccc2)c1. The van der Waals surface area contributed by atoms with Crippen LogP contribution in [0.15, 0.2) is 78.0 Å². The number of guanidine groups is 1. The van der Waals surface area contributed by atoms with Crippen LogP contribution in [0.2, 0.25) is 0 Å². The molecule has 2 N–H and O–H groups in total. The van der Waals surface area contributed by atoms with Gasteiger partial charge in [0, 0.05) is 39.1 Å². The van der Waals surface area contributed by atoms with Crippen LogP contribution in [0.1, 0.15) is 17.5 Å². The molecule has 3 rings (SSSR count). The number of nitrogens with zero attached hydrogens (tertiary/aromatic N) is 3. The molecule has 0 atom stereocenters. The molecule has 6 heteroatoms. The molecule has 6 nitrogen and oxygen atoms in total. The van der Waals surface area contributed by atoms with Gasteiger partial charge in [0.2, 0.25) is 0 Å².